The molecule has 1 aromatic carbocycles. The average Bonchev–Trinajstić information content (AvgIpc) is 3.31. The lowest BCUT2D eigenvalue weighted by Crippen LogP contribution is -2.56. The van der Waals surface area contributed by atoms with E-state index in [9.17, 15) is 14.4 Å². The molecule has 2 aliphatic heterocycles. The molecule has 0 aromatic heterocycles. The van der Waals surface area contributed by atoms with Gasteiger partial charge in [-0.25, -0.2) is 0 Å². The van der Waals surface area contributed by atoms with Gasteiger partial charge in [-0.2, -0.15) is 0 Å². The minimum absolute atomic E-state index is 0.0369. The summed E-state index contributed by atoms with van der Waals surface area (Å²) in [7, 11) is 0. The predicted molar refractivity (Wildman–Crippen MR) is 100 cm³/mol. The first kappa shape index (κ1) is 19.5. The Morgan fingerprint density at radius 1 is 1.14 bits per heavy atom. The number of nitrogens with one attached hydrogen (secondary N) is 1. The van der Waals surface area contributed by atoms with Gasteiger partial charge in [0.2, 0.25) is 12.7 Å². The van der Waals surface area contributed by atoms with Crippen LogP contribution in [-0.2, 0) is 23.9 Å². The molecular weight excluding hydrogens is 378 g/mol. The molecule has 29 heavy (non-hydrogen) atoms. The van der Waals surface area contributed by atoms with Crippen LogP contribution in [0.15, 0.2) is 18.2 Å². The fourth-order valence-electron chi connectivity index (χ4n) is 4.90. The standard InChI is InChI=1S/C21H25NO7/c1-3-26-19(24)21(20(25)27-4-2)8-7-13-10-16(23)22-18(13)17(21)12-5-6-14-15(9-12)29-11-28-14/h5-6,9,13,17-18H,3-4,7-8,10-11H2,1-2H3,(H,22,23)/t13?,17-,18?/m0/s1. The zero-order valence-corrected chi connectivity index (χ0v) is 16.6. The maximum atomic E-state index is 13.2. The van der Waals surface area contributed by atoms with Crippen LogP contribution in [-0.4, -0.2) is 43.9 Å². The van der Waals surface area contributed by atoms with Crippen molar-refractivity contribution < 1.29 is 33.3 Å². The van der Waals surface area contributed by atoms with Gasteiger partial charge in [0.05, 0.1) is 13.2 Å². The molecule has 8 nitrogen and oxygen atoms in total. The second-order valence-electron chi connectivity index (χ2n) is 7.60. The molecule has 3 atom stereocenters. The molecule has 1 aliphatic carbocycles. The van der Waals surface area contributed by atoms with Crippen molar-refractivity contribution in [2.75, 3.05) is 20.0 Å². The van der Waals surface area contributed by atoms with Crippen LogP contribution in [0.5, 0.6) is 11.5 Å². The molecule has 0 bridgehead atoms. The first-order valence-corrected chi connectivity index (χ1v) is 10.0. The molecule has 1 amide bonds. The van der Waals surface area contributed by atoms with Crippen molar-refractivity contribution >= 4 is 17.8 Å². The summed E-state index contributed by atoms with van der Waals surface area (Å²) in [5.41, 5.74) is -0.814. The van der Waals surface area contributed by atoms with Gasteiger partial charge < -0.3 is 24.3 Å². The van der Waals surface area contributed by atoms with E-state index in [1.807, 2.05) is 6.07 Å². The lowest BCUT2D eigenvalue weighted by Gasteiger charge is -2.45. The molecule has 2 unspecified atom stereocenters. The Labute approximate surface area is 168 Å². The van der Waals surface area contributed by atoms with E-state index in [2.05, 4.69) is 5.32 Å². The van der Waals surface area contributed by atoms with E-state index in [-0.39, 0.29) is 44.3 Å². The molecule has 1 aromatic rings. The zero-order chi connectivity index (χ0) is 20.6. The Kier molecular flexibility index (Phi) is 5.10. The van der Waals surface area contributed by atoms with E-state index in [0.717, 1.165) is 0 Å². The number of benzene rings is 1. The Bertz CT molecular complexity index is 818. The van der Waals surface area contributed by atoms with Gasteiger partial charge in [-0.1, -0.05) is 6.07 Å². The van der Waals surface area contributed by atoms with Gasteiger partial charge in [-0.05, 0) is 50.3 Å². The van der Waals surface area contributed by atoms with Crippen LogP contribution in [0.2, 0.25) is 0 Å². The molecule has 0 radical (unpaired) electrons. The predicted octanol–water partition coefficient (Wildman–Crippen LogP) is 1.91. The summed E-state index contributed by atoms with van der Waals surface area (Å²) in [5, 5.41) is 2.99. The molecular formula is C21H25NO7. The monoisotopic (exact) mass is 403 g/mol. The smallest absolute Gasteiger partial charge is 0.324 e. The van der Waals surface area contributed by atoms with Gasteiger partial charge in [0, 0.05) is 18.4 Å². The average molecular weight is 403 g/mol. The highest BCUT2D eigenvalue weighted by molar-refractivity contribution is 6.02. The minimum Gasteiger partial charge on any atom is -0.465 e. The molecule has 3 aliphatic rings. The first-order chi connectivity index (χ1) is 14.0. The van der Waals surface area contributed by atoms with E-state index in [4.69, 9.17) is 18.9 Å². The third-order valence-corrected chi connectivity index (χ3v) is 6.12. The second-order valence-corrected chi connectivity index (χ2v) is 7.60. The molecule has 2 fully saturated rings. The maximum Gasteiger partial charge on any atom is 0.324 e. The number of carbonyl (C=O) groups excluding carboxylic acids is 3. The highest BCUT2D eigenvalue weighted by Gasteiger charge is 2.62. The van der Waals surface area contributed by atoms with Crippen LogP contribution in [0, 0.1) is 11.3 Å². The molecule has 2 heterocycles. The van der Waals surface area contributed by atoms with E-state index in [1.165, 1.54) is 0 Å². The Morgan fingerprint density at radius 3 is 2.52 bits per heavy atom. The van der Waals surface area contributed by atoms with Gasteiger partial charge in [-0.3, -0.25) is 14.4 Å². The highest BCUT2D eigenvalue weighted by Crippen LogP contribution is 2.54. The lowest BCUT2D eigenvalue weighted by atomic mass is 9.58. The zero-order valence-electron chi connectivity index (χ0n) is 16.6. The Hall–Kier alpha value is -2.77. The molecule has 0 spiro atoms. The van der Waals surface area contributed by atoms with Gasteiger partial charge in [-0.15, -0.1) is 0 Å². The van der Waals surface area contributed by atoms with Crippen LogP contribution in [0.25, 0.3) is 0 Å². The van der Waals surface area contributed by atoms with Crippen molar-refractivity contribution in [2.24, 2.45) is 11.3 Å². The Balaban J connectivity index is 1.85. The van der Waals surface area contributed by atoms with Crippen molar-refractivity contribution in [3.05, 3.63) is 23.8 Å². The van der Waals surface area contributed by atoms with Crippen LogP contribution >= 0.6 is 0 Å². The number of fused-ring (bicyclic) bond motifs is 2. The lowest BCUT2D eigenvalue weighted by molar-refractivity contribution is -0.178. The van der Waals surface area contributed by atoms with Crippen molar-refractivity contribution in [2.45, 2.75) is 45.1 Å². The van der Waals surface area contributed by atoms with Crippen LogP contribution in [0.3, 0.4) is 0 Å². The molecule has 4 rings (SSSR count). The number of hydrogen-bond acceptors (Lipinski definition) is 7. The summed E-state index contributed by atoms with van der Waals surface area (Å²) in [5.74, 6) is -0.726. The third-order valence-electron chi connectivity index (χ3n) is 6.12. The Morgan fingerprint density at radius 2 is 1.83 bits per heavy atom. The number of carbonyl (C=O) groups is 3. The van der Waals surface area contributed by atoms with Gasteiger partial charge >= 0.3 is 11.9 Å². The summed E-state index contributed by atoms with van der Waals surface area (Å²) < 4.78 is 21.6. The fourth-order valence-corrected chi connectivity index (χ4v) is 4.90. The summed E-state index contributed by atoms with van der Waals surface area (Å²) in [6.45, 7) is 3.82. The summed E-state index contributed by atoms with van der Waals surface area (Å²) in [6, 6.07) is 5.00. The first-order valence-electron chi connectivity index (χ1n) is 10.0. The largest absolute Gasteiger partial charge is 0.465 e. The van der Waals surface area contributed by atoms with Crippen molar-refractivity contribution in [1.29, 1.82) is 0 Å². The number of ether oxygens (including phenoxy) is 4. The van der Waals surface area contributed by atoms with Gasteiger partial charge in [0.25, 0.3) is 0 Å². The van der Waals surface area contributed by atoms with Gasteiger partial charge in [0.1, 0.15) is 0 Å². The SMILES string of the molecule is CCOC(=O)C1(C(=O)OCC)CCC2CC(=O)NC2[C@@H]1c1ccc2c(c1)OCO2. The summed E-state index contributed by atoms with van der Waals surface area (Å²) in [6.07, 6.45) is 1.20. The topological polar surface area (TPSA) is 100 Å². The van der Waals surface area contributed by atoms with E-state index < -0.39 is 23.3 Å². The van der Waals surface area contributed by atoms with Crippen LogP contribution in [0.1, 0.15) is 44.6 Å². The van der Waals surface area contributed by atoms with E-state index >= 15 is 0 Å². The normalized spacial score (nSPS) is 26.4. The van der Waals surface area contributed by atoms with Crippen molar-refractivity contribution in [1.82, 2.24) is 5.32 Å². The third kappa shape index (κ3) is 3.10. The van der Waals surface area contributed by atoms with Crippen LogP contribution in [0.4, 0.5) is 0 Å². The van der Waals surface area contributed by atoms with Crippen LogP contribution < -0.4 is 14.8 Å². The summed E-state index contributed by atoms with van der Waals surface area (Å²) in [4.78, 5) is 38.7. The number of amides is 1. The summed E-state index contributed by atoms with van der Waals surface area (Å²) >= 11 is 0. The minimum atomic E-state index is -1.53. The number of esters is 2. The molecule has 1 N–H and O–H groups in total. The second kappa shape index (κ2) is 7.57. The fraction of sp³-hybridized carbons (Fsp3) is 0.571. The molecule has 156 valence electrons. The van der Waals surface area contributed by atoms with Gasteiger partial charge in [0.15, 0.2) is 16.9 Å². The quantitative estimate of drug-likeness (QED) is 0.592. The number of rotatable bonds is 5. The van der Waals surface area contributed by atoms with E-state index in [1.54, 1.807) is 26.0 Å². The molecule has 8 heteroatoms. The van der Waals surface area contributed by atoms with Crippen molar-refractivity contribution in [3.63, 3.8) is 0 Å². The maximum absolute atomic E-state index is 13.2. The van der Waals surface area contributed by atoms with Crippen molar-refractivity contribution in [3.8, 4) is 11.5 Å². The molecule has 1 saturated heterocycles. The van der Waals surface area contributed by atoms with E-state index in [0.29, 0.717) is 29.9 Å². The molecule has 1 saturated carbocycles. The number of hydrogen-bond donors (Lipinski definition) is 1. The highest BCUT2D eigenvalue weighted by atomic mass is 16.7.